The van der Waals surface area contributed by atoms with Gasteiger partial charge in [0.05, 0.1) is 17.2 Å². The van der Waals surface area contributed by atoms with Crippen LogP contribution < -0.4 is 5.56 Å². The molecule has 1 saturated heterocycles. The van der Waals surface area contributed by atoms with Crippen molar-refractivity contribution in [3.05, 3.63) is 38.5 Å². The van der Waals surface area contributed by atoms with Crippen LogP contribution in [0, 0.1) is 12.8 Å². The van der Waals surface area contributed by atoms with E-state index in [9.17, 15) is 4.79 Å². The molecule has 0 bridgehead atoms. The van der Waals surface area contributed by atoms with Crippen molar-refractivity contribution < 1.29 is 0 Å². The highest BCUT2D eigenvalue weighted by molar-refractivity contribution is 7.11. The lowest BCUT2D eigenvalue weighted by atomic mass is 9.97. The molecule has 7 nitrogen and oxygen atoms in total. The van der Waals surface area contributed by atoms with E-state index in [0.717, 1.165) is 49.0 Å². The maximum Gasteiger partial charge on any atom is 0.262 e. The van der Waals surface area contributed by atoms with Crippen LogP contribution in [0.4, 0.5) is 0 Å². The summed E-state index contributed by atoms with van der Waals surface area (Å²) in [5.74, 6) is 1.49. The smallest absolute Gasteiger partial charge is 0.262 e. The van der Waals surface area contributed by atoms with E-state index in [-0.39, 0.29) is 11.5 Å². The number of rotatable bonds is 4. The molecule has 0 unspecified atom stereocenters. The zero-order chi connectivity index (χ0) is 19.3. The molecule has 1 aliphatic heterocycles. The van der Waals surface area contributed by atoms with Crippen LogP contribution >= 0.6 is 11.3 Å². The summed E-state index contributed by atoms with van der Waals surface area (Å²) < 4.78 is 2.00. The van der Waals surface area contributed by atoms with Crippen LogP contribution in [-0.4, -0.2) is 42.7 Å². The summed E-state index contributed by atoms with van der Waals surface area (Å²) in [5, 5.41) is 6.23. The van der Waals surface area contributed by atoms with E-state index in [4.69, 9.17) is 4.98 Å². The van der Waals surface area contributed by atoms with Crippen LogP contribution in [0.25, 0.3) is 11.0 Å². The Morgan fingerprint density at radius 3 is 2.82 bits per heavy atom. The number of fused-ring (bicyclic) bond motifs is 1. The Morgan fingerprint density at radius 1 is 1.25 bits per heavy atom. The van der Waals surface area contributed by atoms with Gasteiger partial charge in [0.25, 0.3) is 5.56 Å². The Bertz CT molecular complexity index is 1050. The molecule has 148 valence electrons. The lowest BCUT2D eigenvalue weighted by molar-refractivity contribution is 0.321. The largest absolute Gasteiger partial charge is 0.310 e. The average molecular weight is 399 g/mol. The molecular weight excluding hydrogens is 372 g/mol. The van der Waals surface area contributed by atoms with Gasteiger partial charge in [-0.25, -0.2) is 14.6 Å². The Balaban J connectivity index is 1.43. The molecule has 8 heteroatoms. The summed E-state index contributed by atoms with van der Waals surface area (Å²) >= 11 is 1.76. The molecule has 3 aromatic heterocycles. The molecule has 0 radical (unpaired) electrons. The fourth-order valence-electron chi connectivity index (χ4n) is 4.80. The first kappa shape index (κ1) is 18.0. The number of nitrogens with zero attached hydrogens (tertiary/aromatic N) is 5. The fraction of sp³-hybridized carbons (Fsp3) is 0.600. The number of likely N-dealkylation sites (tertiary alicyclic amines) is 1. The number of hydrogen-bond donors (Lipinski definition) is 1. The molecule has 1 saturated carbocycles. The number of aromatic amines is 1. The topological polar surface area (TPSA) is 79.7 Å². The molecule has 4 heterocycles. The van der Waals surface area contributed by atoms with Gasteiger partial charge >= 0.3 is 0 Å². The predicted molar refractivity (Wildman–Crippen MR) is 110 cm³/mol. The SMILES string of the molecule is Cc1ncc(CN2C[C@@H](C)[C@H](c3nc4c(cnn4C4CCCC4)c(=O)[nH]3)C2)s1. The van der Waals surface area contributed by atoms with Crippen molar-refractivity contribution in [2.45, 2.75) is 58.0 Å². The van der Waals surface area contributed by atoms with Gasteiger partial charge in [-0.2, -0.15) is 5.10 Å². The van der Waals surface area contributed by atoms with Gasteiger partial charge in [-0.15, -0.1) is 11.3 Å². The molecule has 2 fully saturated rings. The van der Waals surface area contributed by atoms with Gasteiger partial charge in [-0.05, 0) is 25.7 Å². The van der Waals surface area contributed by atoms with Gasteiger partial charge in [0.2, 0.25) is 0 Å². The van der Waals surface area contributed by atoms with Gasteiger partial charge < -0.3 is 4.98 Å². The van der Waals surface area contributed by atoms with Crippen LogP contribution in [0.1, 0.15) is 60.3 Å². The second-order valence-corrected chi connectivity index (χ2v) is 9.66. The van der Waals surface area contributed by atoms with Crippen molar-refractivity contribution in [3.8, 4) is 0 Å². The van der Waals surface area contributed by atoms with Crippen molar-refractivity contribution in [2.75, 3.05) is 13.1 Å². The van der Waals surface area contributed by atoms with E-state index >= 15 is 0 Å². The summed E-state index contributed by atoms with van der Waals surface area (Å²) in [7, 11) is 0. The van der Waals surface area contributed by atoms with Gasteiger partial charge in [-0.3, -0.25) is 9.69 Å². The van der Waals surface area contributed by atoms with Crippen LogP contribution in [-0.2, 0) is 6.54 Å². The number of thiazole rings is 1. The molecule has 0 aromatic carbocycles. The van der Waals surface area contributed by atoms with Crippen molar-refractivity contribution in [1.82, 2.24) is 29.6 Å². The second-order valence-electron chi connectivity index (χ2n) is 8.34. The number of aryl methyl sites for hydroxylation is 1. The van der Waals surface area contributed by atoms with E-state index in [1.807, 2.05) is 17.8 Å². The van der Waals surface area contributed by atoms with E-state index in [2.05, 4.69) is 26.9 Å². The van der Waals surface area contributed by atoms with E-state index in [1.165, 1.54) is 17.7 Å². The maximum atomic E-state index is 12.7. The fourth-order valence-corrected chi connectivity index (χ4v) is 5.63. The summed E-state index contributed by atoms with van der Waals surface area (Å²) in [6, 6.07) is 0.381. The second kappa shape index (κ2) is 7.08. The number of aromatic nitrogens is 5. The lowest BCUT2D eigenvalue weighted by Gasteiger charge is -2.15. The van der Waals surface area contributed by atoms with Crippen LogP contribution in [0.5, 0.6) is 0 Å². The van der Waals surface area contributed by atoms with Crippen molar-refractivity contribution >= 4 is 22.4 Å². The van der Waals surface area contributed by atoms with Gasteiger partial charge in [0, 0.05) is 36.6 Å². The highest BCUT2D eigenvalue weighted by Gasteiger charge is 2.33. The minimum Gasteiger partial charge on any atom is -0.310 e. The van der Waals surface area contributed by atoms with Crippen LogP contribution in [0.15, 0.2) is 17.2 Å². The Labute approximate surface area is 167 Å². The summed E-state index contributed by atoms with van der Waals surface area (Å²) in [6.07, 6.45) is 8.37. The van der Waals surface area contributed by atoms with E-state index in [0.29, 0.717) is 17.3 Å². The highest BCUT2D eigenvalue weighted by atomic mass is 32.1. The van der Waals surface area contributed by atoms with E-state index < -0.39 is 0 Å². The third-order valence-electron chi connectivity index (χ3n) is 6.24. The first-order chi connectivity index (χ1) is 13.6. The Hall–Kier alpha value is -2.06. The van der Waals surface area contributed by atoms with Gasteiger partial charge in [-0.1, -0.05) is 19.8 Å². The molecule has 0 amide bonds. The molecular formula is C20H26N6OS. The van der Waals surface area contributed by atoms with Crippen LogP contribution in [0.2, 0.25) is 0 Å². The Kier molecular flexibility index (Phi) is 4.55. The minimum absolute atomic E-state index is 0.0621. The van der Waals surface area contributed by atoms with Crippen molar-refractivity contribution in [3.63, 3.8) is 0 Å². The molecule has 0 spiro atoms. The molecule has 5 rings (SSSR count). The molecule has 2 aliphatic rings. The Morgan fingerprint density at radius 2 is 2.07 bits per heavy atom. The molecule has 28 heavy (non-hydrogen) atoms. The average Bonchev–Trinajstić information content (AvgIpc) is 3.42. The number of hydrogen-bond acceptors (Lipinski definition) is 6. The quantitative estimate of drug-likeness (QED) is 0.730. The standard InChI is InChI=1S/C20H26N6OS/c1-12-9-25(10-15-7-21-13(2)28-15)11-17(12)18-23-19-16(20(27)24-18)8-22-26(19)14-5-3-4-6-14/h7-8,12,14,17H,3-6,9-11H2,1-2H3,(H,23,24,27)/t12-,17-/m1/s1. The summed E-state index contributed by atoms with van der Waals surface area (Å²) in [6.45, 7) is 7.12. The zero-order valence-corrected chi connectivity index (χ0v) is 17.2. The maximum absolute atomic E-state index is 12.7. The normalized spacial score (nSPS) is 23.9. The molecule has 3 aromatic rings. The summed E-state index contributed by atoms with van der Waals surface area (Å²) in [5.41, 5.74) is 0.697. The van der Waals surface area contributed by atoms with E-state index in [1.54, 1.807) is 17.5 Å². The third kappa shape index (κ3) is 3.18. The first-order valence-electron chi connectivity index (χ1n) is 10.2. The first-order valence-corrected chi connectivity index (χ1v) is 11.0. The lowest BCUT2D eigenvalue weighted by Crippen LogP contribution is -2.21. The van der Waals surface area contributed by atoms with Crippen LogP contribution in [0.3, 0.4) is 0 Å². The van der Waals surface area contributed by atoms with Crippen molar-refractivity contribution in [2.24, 2.45) is 5.92 Å². The third-order valence-corrected chi connectivity index (χ3v) is 7.14. The molecule has 2 atom stereocenters. The summed E-state index contributed by atoms with van der Waals surface area (Å²) in [4.78, 5) is 28.8. The van der Waals surface area contributed by atoms with Crippen molar-refractivity contribution in [1.29, 1.82) is 0 Å². The molecule has 1 N–H and O–H groups in total. The number of nitrogens with one attached hydrogen (secondary N) is 1. The number of H-pyrrole nitrogens is 1. The zero-order valence-electron chi connectivity index (χ0n) is 16.4. The monoisotopic (exact) mass is 398 g/mol. The highest BCUT2D eigenvalue weighted by Crippen LogP contribution is 2.33. The molecule has 1 aliphatic carbocycles. The van der Waals surface area contributed by atoms with Gasteiger partial charge in [0.1, 0.15) is 11.2 Å². The minimum atomic E-state index is -0.0621. The predicted octanol–water partition coefficient (Wildman–Crippen LogP) is 3.24. The van der Waals surface area contributed by atoms with Gasteiger partial charge in [0.15, 0.2) is 5.65 Å².